The van der Waals surface area contributed by atoms with Gasteiger partial charge in [-0.15, -0.1) is 0 Å². The minimum atomic E-state index is 0.184. The highest BCUT2D eigenvalue weighted by molar-refractivity contribution is 5.70. The number of aliphatic hydroxyl groups excluding tert-OH is 1. The van der Waals surface area contributed by atoms with Gasteiger partial charge in [-0.05, 0) is 41.8 Å². The second-order valence-electron chi connectivity index (χ2n) is 4.92. The largest absolute Gasteiger partial charge is 0.395 e. The molecule has 2 aromatic rings. The Morgan fingerprint density at radius 2 is 1.57 bits per heavy atom. The number of hydrogen-bond donors (Lipinski definition) is 1. The number of hydrogen-bond acceptors (Lipinski definition) is 3. The van der Waals surface area contributed by atoms with Gasteiger partial charge in [0.05, 0.1) is 6.61 Å². The third-order valence-corrected chi connectivity index (χ3v) is 3.30. The van der Waals surface area contributed by atoms with Gasteiger partial charge in [0.2, 0.25) is 0 Å². The number of anilines is 1. The summed E-state index contributed by atoms with van der Waals surface area (Å²) < 4.78 is 0. The molecule has 0 saturated heterocycles. The van der Waals surface area contributed by atoms with Gasteiger partial charge in [-0.2, -0.15) is 0 Å². The van der Waals surface area contributed by atoms with Crippen LogP contribution in [0.3, 0.4) is 0 Å². The summed E-state index contributed by atoms with van der Waals surface area (Å²) in [7, 11) is 0. The molecule has 21 heavy (non-hydrogen) atoms. The van der Waals surface area contributed by atoms with E-state index in [1.165, 1.54) is 0 Å². The number of pyridine rings is 1. The van der Waals surface area contributed by atoms with Gasteiger partial charge < -0.3 is 10.0 Å². The van der Waals surface area contributed by atoms with E-state index in [1.807, 2.05) is 12.1 Å². The lowest BCUT2D eigenvalue weighted by atomic mass is 10.1. The molecule has 0 saturated carbocycles. The van der Waals surface area contributed by atoms with Crippen molar-refractivity contribution in [2.24, 2.45) is 0 Å². The first-order valence-electron chi connectivity index (χ1n) is 7.37. The van der Waals surface area contributed by atoms with Crippen LogP contribution in [0.1, 0.15) is 24.5 Å². The Morgan fingerprint density at radius 1 is 0.952 bits per heavy atom. The predicted molar refractivity (Wildman–Crippen MR) is 89.2 cm³/mol. The maximum absolute atomic E-state index is 9.13. The highest BCUT2D eigenvalue weighted by atomic mass is 16.3. The average molecular weight is 282 g/mol. The lowest BCUT2D eigenvalue weighted by Crippen LogP contribution is -2.27. The fourth-order valence-electron chi connectivity index (χ4n) is 2.22. The average Bonchev–Trinajstić information content (AvgIpc) is 2.54. The summed E-state index contributed by atoms with van der Waals surface area (Å²) in [5.74, 6) is 0. The van der Waals surface area contributed by atoms with E-state index < -0.39 is 0 Å². The van der Waals surface area contributed by atoms with Crippen LogP contribution in [-0.4, -0.2) is 29.8 Å². The maximum atomic E-state index is 9.13. The number of benzene rings is 1. The smallest absolute Gasteiger partial charge is 0.0606 e. The van der Waals surface area contributed by atoms with E-state index in [4.69, 9.17) is 5.11 Å². The summed E-state index contributed by atoms with van der Waals surface area (Å²) in [6.45, 7) is 3.98. The molecule has 1 aromatic heterocycles. The Hall–Kier alpha value is -2.13. The number of nitrogens with zero attached hydrogens (tertiary/aromatic N) is 2. The topological polar surface area (TPSA) is 36.4 Å². The molecule has 1 N–H and O–H groups in total. The molecule has 3 nitrogen and oxygen atoms in total. The fourth-order valence-corrected chi connectivity index (χ4v) is 2.22. The van der Waals surface area contributed by atoms with Crippen LogP contribution in [0.5, 0.6) is 0 Å². The monoisotopic (exact) mass is 282 g/mol. The summed E-state index contributed by atoms with van der Waals surface area (Å²) >= 11 is 0. The van der Waals surface area contributed by atoms with Crippen LogP contribution in [0.25, 0.3) is 12.2 Å². The zero-order valence-electron chi connectivity index (χ0n) is 12.4. The van der Waals surface area contributed by atoms with Gasteiger partial charge in [0.1, 0.15) is 0 Å². The van der Waals surface area contributed by atoms with Gasteiger partial charge in [0.15, 0.2) is 0 Å². The minimum absolute atomic E-state index is 0.184. The molecular formula is C18H22N2O. The lowest BCUT2D eigenvalue weighted by Gasteiger charge is -2.23. The molecular weight excluding hydrogens is 260 g/mol. The number of aliphatic hydroxyl groups is 1. The highest BCUT2D eigenvalue weighted by Crippen LogP contribution is 2.17. The first kappa shape index (κ1) is 15.3. The van der Waals surface area contributed by atoms with Gasteiger partial charge in [-0.1, -0.05) is 31.2 Å². The van der Waals surface area contributed by atoms with Crippen molar-refractivity contribution in [1.29, 1.82) is 0 Å². The Bertz CT molecular complexity index is 543. The third kappa shape index (κ3) is 4.72. The van der Waals surface area contributed by atoms with Crippen molar-refractivity contribution in [3.63, 3.8) is 0 Å². The molecule has 2 rings (SSSR count). The summed E-state index contributed by atoms with van der Waals surface area (Å²) in [6, 6.07) is 12.4. The molecule has 0 atom stereocenters. The summed E-state index contributed by atoms with van der Waals surface area (Å²) in [5.41, 5.74) is 3.46. The highest BCUT2D eigenvalue weighted by Gasteiger charge is 2.03. The van der Waals surface area contributed by atoms with Crippen molar-refractivity contribution in [3.8, 4) is 0 Å². The molecule has 0 spiro atoms. The molecule has 0 amide bonds. The van der Waals surface area contributed by atoms with Crippen LogP contribution in [0, 0.1) is 0 Å². The molecule has 1 aromatic carbocycles. The standard InChI is InChI=1S/C18H22N2O/c1-2-13-20(14-15-21)18-7-5-16(6-8-18)3-4-17-9-11-19-12-10-17/h3-12,21H,2,13-15H2,1H3/b4-3+. The molecule has 0 aliphatic rings. The molecule has 0 unspecified atom stereocenters. The van der Waals surface area contributed by atoms with E-state index in [1.54, 1.807) is 12.4 Å². The third-order valence-electron chi connectivity index (χ3n) is 3.30. The van der Waals surface area contributed by atoms with Gasteiger partial charge in [-0.25, -0.2) is 0 Å². The van der Waals surface area contributed by atoms with Crippen molar-refractivity contribution >= 4 is 17.8 Å². The number of aromatic nitrogens is 1. The molecule has 0 bridgehead atoms. The SMILES string of the molecule is CCCN(CCO)c1ccc(/C=C/c2ccncc2)cc1. The van der Waals surface area contributed by atoms with E-state index >= 15 is 0 Å². The molecule has 3 heteroatoms. The molecule has 0 radical (unpaired) electrons. The van der Waals surface area contributed by atoms with E-state index in [-0.39, 0.29) is 6.61 Å². The van der Waals surface area contributed by atoms with E-state index in [9.17, 15) is 0 Å². The van der Waals surface area contributed by atoms with Gasteiger partial charge >= 0.3 is 0 Å². The Kier molecular flexibility index (Phi) is 5.98. The van der Waals surface area contributed by atoms with Crippen LogP contribution in [0.4, 0.5) is 5.69 Å². The van der Waals surface area contributed by atoms with Crippen LogP contribution in [-0.2, 0) is 0 Å². The molecule has 1 heterocycles. The van der Waals surface area contributed by atoms with E-state index in [0.29, 0.717) is 6.54 Å². The van der Waals surface area contributed by atoms with Gasteiger partial charge in [0, 0.05) is 31.2 Å². The lowest BCUT2D eigenvalue weighted by molar-refractivity contribution is 0.302. The Labute approximate surface area is 126 Å². The quantitative estimate of drug-likeness (QED) is 0.845. The van der Waals surface area contributed by atoms with Crippen LogP contribution in [0.2, 0.25) is 0 Å². The first-order valence-corrected chi connectivity index (χ1v) is 7.37. The fraction of sp³-hybridized carbons (Fsp3) is 0.278. The predicted octanol–water partition coefficient (Wildman–Crippen LogP) is 3.46. The molecule has 0 aliphatic carbocycles. The Morgan fingerprint density at radius 3 is 2.14 bits per heavy atom. The molecule has 0 aliphatic heterocycles. The van der Waals surface area contributed by atoms with Crippen LogP contribution in [0.15, 0.2) is 48.8 Å². The maximum Gasteiger partial charge on any atom is 0.0606 e. The zero-order chi connectivity index (χ0) is 14.9. The van der Waals surface area contributed by atoms with Gasteiger partial charge in [0.25, 0.3) is 0 Å². The Balaban J connectivity index is 2.06. The van der Waals surface area contributed by atoms with Crippen molar-refractivity contribution < 1.29 is 5.11 Å². The van der Waals surface area contributed by atoms with E-state index in [2.05, 4.69) is 53.2 Å². The minimum Gasteiger partial charge on any atom is -0.395 e. The van der Waals surface area contributed by atoms with E-state index in [0.717, 1.165) is 29.8 Å². The summed E-state index contributed by atoms with van der Waals surface area (Å²) in [4.78, 5) is 6.21. The van der Waals surface area contributed by atoms with Crippen molar-refractivity contribution in [2.45, 2.75) is 13.3 Å². The second kappa shape index (κ2) is 8.22. The molecule has 110 valence electrons. The zero-order valence-corrected chi connectivity index (χ0v) is 12.4. The van der Waals surface area contributed by atoms with Crippen molar-refractivity contribution in [3.05, 3.63) is 59.9 Å². The normalized spacial score (nSPS) is 11.0. The first-order chi connectivity index (χ1) is 10.3. The summed E-state index contributed by atoms with van der Waals surface area (Å²) in [5, 5.41) is 9.13. The van der Waals surface area contributed by atoms with Crippen molar-refractivity contribution in [1.82, 2.24) is 4.98 Å². The van der Waals surface area contributed by atoms with Crippen molar-refractivity contribution in [2.75, 3.05) is 24.6 Å². The second-order valence-corrected chi connectivity index (χ2v) is 4.92. The van der Waals surface area contributed by atoms with Crippen LogP contribution >= 0.6 is 0 Å². The number of rotatable bonds is 7. The van der Waals surface area contributed by atoms with Crippen LogP contribution < -0.4 is 4.90 Å². The molecule has 0 fully saturated rings. The summed E-state index contributed by atoms with van der Waals surface area (Å²) in [6.07, 6.45) is 8.83. The van der Waals surface area contributed by atoms with Gasteiger partial charge in [-0.3, -0.25) is 4.98 Å².